The number of aromatic nitrogens is 2. The minimum atomic E-state index is -4.49. The van der Waals surface area contributed by atoms with Crippen LogP contribution in [-0.4, -0.2) is 9.97 Å². The van der Waals surface area contributed by atoms with Gasteiger partial charge in [-0.15, -0.1) is 0 Å². The van der Waals surface area contributed by atoms with Crippen molar-refractivity contribution in [2.24, 2.45) is 0 Å². The summed E-state index contributed by atoms with van der Waals surface area (Å²) in [6.07, 6.45) is -4.49. The van der Waals surface area contributed by atoms with Crippen molar-refractivity contribution in [2.45, 2.75) is 20.0 Å². The Hall–Kier alpha value is -1.37. The fourth-order valence-electron chi connectivity index (χ4n) is 1.79. The fourth-order valence-corrected chi connectivity index (χ4v) is 2.33. The molecule has 0 saturated carbocycles. The quantitative estimate of drug-likeness (QED) is 0.809. The van der Waals surface area contributed by atoms with Gasteiger partial charge in [-0.05, 0) is 41.4 Å². The molecule has 0 atom stereocenters. The van der Waals surface area contributed by atoms with Crippen molar-refractivity contribution < 1.29 is 13.2 Å². The Morgan fingerprint density at radius 3 is 2.50 bits per heavy atom. The lowest BCUT2D eigenvalue weighted by atomic mass is 10.1. The van der Waals surface area contributed by atoms with E-state index in [1.807, 2.05) is 0 Å². The van der Waals surface area contributed by atoms with E-state index in [0.717, 1.165) is 6.07 Å². The first-order valence-corrected chi connectivity index (χ1v) is 5.78. The van der Waals surface area contributed by atoms with E-state index in [9.17, 15) is 18.0 Å². The molecule has 0 fully saturated rings. The molecule has 0 aliphatic rings. The molecule has 0 amide bonds. The molecular weight excluding hydrogens is 313 g/mol. The molecule has 1 N–H and O–H groups in total. The number of hydrogen-bond acceptors (Lipinski definition) is 2. The van der Waals surface area contributed by atoms with Crippen molar-refractivity contribution in [3.63, 3.8) is 0 Å². The zero-order valence-electron chi connectivity index (χ0n) is 9.44. The summed E-state index contributed by atoms with van der Waals surface area (Å²) in [7, 11) is 0. The molecule has 1 aromatic heterocycles. The lowest BCUT2D eigenvalue weighted by Gasteiger charge is -2.13. The van der Waals surface area contributed by atoms with Crippen LogP contribution < -0.4 is 5.56 Å². The SMILES string of the molecule is Cc1nc2cc(C(F)(F)F)c(Br)c(C)c2c(=O)[nH]1. The molecule has 18 heavy (non-hydrogen) atoms. The number of H-pyrrole nitrogens is 1. The third-order valence-electron chi connectivity index (χ3n) is 2.59. The Labute approximate surface area is 108 Å². The van der Waals surface area contributed by atoms with Gasteiger partial charge in [0.1, 0.15) is 5.82 Å². The van der Waals surface area contributed by atoms with Crippen LogP contribution in [0, 0.1) is 13.8 Å². The van der Waals surface area contributed by atoms with Crippen LogP contribution in [0.15, 0.2) is 15.3 Å². The molecule has 96 valence electrons. The van der Waals surface area contributed by atoms with Gasteiger partial charge in [-0.25, -0.2) is 4.98 Å². The van der Waals surface area contributed by atoms with E-state index >= 15 is 0 Å². The molecule has 0 saturated heterocycles. The van der Waals surface area contributed by atoms with Crippen LogP contribution in [0.4, 0.5) is 13.2 Å². The summed E-state index contributed by atoms with van der Waals surface area (Å²) in [6.45, 7) is 2.97. The number of nitrogens with zero attached hydrogens (tertiary/aromatic N) is 1. The highest BCUT2D eigenvalue weighted by molar-refractivity contribution is 9.10. The molecule has 0 bridgehead atoms. The second-order valence-electron chi connectivity index (χ2n) is 3.91. The number of hydrogen-bond donors (Lipinski definition) is 1. The number of aryl methyl sites for hydroxylation is 2. The van der Waals surface area contributed by atoms with E-state index in [1.54, 1.807) is 0 Å². The second kappa shape index (κ2) is 4.08. The van der Waals surface area contributed by atoms with Crippen LogP contribution >= 0.6 is 15.9 Å². The zero-order chi connectivity index (χ0) is 13.7. The van der Waals surface area contributed by atoms with Crippen molar-refractivity contribution >= 4 is 26.8 Å². The minimum Gasteiger partial charge on any atom is -0.310 e. The number of aromatic amines is 1. The maximum Gasteiger partial charge on any atom is 0.417 e. The summed E-state index contributed by atoms with van der Waals surface area (Å²) in [4.78, 5) is 18.1. The average molecular weight is 321 g/mol. The highest BCUT2D eigenvalue weighted by Gasteiger charge is 2.34. The zero-order valence-corrected chi connectivity index (χ0v) is 11.0. The van der Waals surface area contributed by atoms with Gasteiger partial charge in [0.15, 0.2) is 0 Å². The summed E-state index contributed by atoms with van der Waals surface area (Å²) < 4.78 is 38.3. The van der Waals surface area contributed by atoms with Crippen LogP contribution in [-0.2, 0) is 6.18 Å². The van der Waals surface area contributed by atoms with Gasteiger partial charge in [0.2, 0.25) is 0 Å². The molecule has 0 radical (unpaired) electrons. The van der Waals surface area contributed by atoms with E-state index in [0.29, 0.717) is 0 Å². The first-order valence-electron chi connectivity index (χ1n) is 4.98. The van der Waals surface area contributed by atoms with Crippen molar-refractivity contribution in [2.75, 3.05) is 0 Å². The number of halogens is 4. The molecule has 3 nitrogen and oxygen atoms in total. The standard InChI is InChI=1S/C11H8BrF3N2O/c1-4-8-7(16-5(2)17-10(8)18)3-6(9(4)12)11(13,14)15/h3H,1-2H3,(H,16,17,18). The molecule has 7 heteroatoms. The number of nitrogens with one attached hydrogen (secondary N) is 1. The first-order chi connectivity index (χ1) is 8.21. The topological polar surface area (TPSA) is 45.8 Å². The molecule has 2 rings (SSSR count). The maximum atomic E-state index is 12.8. The van der Waals surface area contributed by atoms with E-state index in [-0.39, 0.29) is 26.8 Å². The lowest BCUT2D eigenvalue weighted by Crippen LogP contribution is -2.14. The van der Waals surface area contributed by atoms with Gasteiger partial charge in [-0.2, -0.15) is 13.2 Å². The molecule has 0 aliphatic carbocycles. The Morgan fingerprint density at radius 2 is 1.94 bits per heavy atom. The van der Waals surface area contributed by atoms with Crippen molar-refractivity contribution in [3.8, 4) is 0 Å². The largest absolute Gasteiger partial charge is 0.417 e. The molecular formula is C11H8BrF3N2O. The summed E-state index contributed by atoms with van der Waals surface area (Å²) in [6, 6.07) is 0.884. The van der Waals surface area contributed by atoms with E-state index in [1.165, 1.54) is 13.8 Å². The minimum absolute atomic E-state index is 0.0456. The molecule has 1 aromatic carbocycles. The fraction of sp³-hybridized carbons (Fsp3) is 0.273. The van der Waals surface area contributed by atoms with Crippen LogP contribution in [0.3, 0.4) is 0 Å². The van der Waals surface area contributed by atoms with Gasteiger partial charge in [-0.1, -0.05) is 0 Å². The Balaban J connectivity index is 2.97. The average Bonchev–Trinajstić information content (AvgIpc) is 2.20. The van der Waals surface area contributed by atoms with Gasteiger partial charge in [-0.3, -0.25) is 4.79 Å². The third-order valence-corrected chi connectivity index (χ3v) is 3.61. The predicted molar refractivity (Wildman–Crippen MR) is 64.5 cm³/mol. The number of fused-ring (bicyclic) bond motifs is 1. The van der Waals surface area contributed by atoms with Gasteiger partial charge in [0.05, 0.1) is 16.5 Å². The molecule has 0 unspecified atom stereocenters. The van der Waals surface area contributed by atoms with Crippen molar-refractivity contribution in [1.82, 2.24) is 9.97 Å². The van der Waals surface area contributed by atoms with Crippen LogP contribution in [0.1, 0.15) is 17.0 Å². The summed E-state index contributed by atoms with van der Waals surface area (Å²) in [5, 5.41) is 0.167. The summed E-state index contributed by atoms with van der Waals surface area (Å²) >= 11 is 2.89. The number of alkyl halides is 3. The third kappa shape index (κ3) is 2.03. The van der Waals surface area contributed by atoms with E-state index in [4.69, 9.17) is 0 Å². The Bertz CT molecular complexity index is 691. The van der Waals surface area contributed by atoms with Gasteiger partial charge < -0.3 is 4.98 Å². The predicted octanol–water partition coefficient (Wildman–Crippen LogP) is 3.32. The maximum absolute atomic E-state index is 12.8. The second-order valence-corrected chi connectivity index (χ2v) is 4.70. The number of benzene rings is 1. The normalized spacial score (nSPS) is 12.1. The first kappa shape index (κ1) is 13.1. The monoisotopic (exact) mass is 320 g/mol. The van der Waals surface area contributed by atoms with Crippen LogP contribution in [0.5, 0.6) is 0 Å². The Morgan fingerprint density at radius 1 is 1.33 bits per heavy atom. The molecule has 2 aromatic rings. The molecule has 0 aliphatic heterocycles. The molecule has 1 heterocycles. The van der Waals surface area contributed by atoms with Gasteiger partial charge in [0, 0.05) is 4.47 Å². The summed E-state index contributed by atoms with van der Waals surface area (Å²) in [5.41, 5.74) is -0.993. The smallest absolute Gasteiger partial charge is 0.310 e. The van der Waals surface area contributed by atoms with E-state index < -0.39 is 17.3 Å². The highest BCUT2D eigenvalue weighted by atomic mass is 79.9. The number of rotatable bonds is 0. The van der Waals surface area contributed by atoms with Crippen LogP contribution in [0.2, 0.25) is 0 Å². The summed E-state index contributed by atoms with van der Waals surface area (Å²) in [5.74, 6) is 0.280. The lowest BCUT2D eigenvalue weighted by molar-refractivity contribution is -0.138. The van der Waals surface area contributed by atoms with Gasteiger partial charge in [0.25, 0.3) is 5.56 Å². The van der Waals surface area contributed by atoms with E-state index in [2.05, 4.69) is 25.9 Å². The molecule has 0 spiro atoms. The van der Waals surface area contributed by atoms with Crippen molar-refractivity contribution in [3.05, 3.63) is 37.8 Å². The van der Waals surface area contributed by atoms with Gasteiger partial charge >= 0.3 is 6.18 Å². The van der Waals surface area contributed by atoms with Crippen LogP contribution in [0.25, 0.3) is 10.9 Å². The Kier molecular flexibility index (Phi) is 2.96. The highest BCUT2D eigenvalue weighted by Crippen LogP contribution is 2.38. The van der Waals surface area contributed by atoms with Crippen molar-refractivity contribution in [1.29, 1.82) is 0 Å².